The van der Waals surface area contributed by atoms with Crippen molar-refractivity contribution < 1.29 is 9.90 Å². The van der Waals surface area contributed by atoms with Crippen LogP contribution in [0.1, 0.15) is 19.4 Å². The molecule has 0 spiro atoms. The fourth-order valence-corrected chi connectivity index (χ4v) is 2.49. The number of phenols is 1. The van der Waals surface area contributed by atoms with Crippen LogP contribution in [-0.4, -0.2) is 34.8 Å². The quantitative estimate of drug-likeness (QED) is 0.612. The molecule has 18 heavy (non-hydrogen) atoms. The minimum Gasteiger partial charge on any atom is -0.506 e. The molecule has 1 rings (SSSR count). The number of hydrogen-bond acceptors (Lipinski definition) is 4. The van der Waals surface area contributed by atoms with Gasteiger partial charge in [-0.25, -0.2) is 0 Å². The molecule has 1 amide bonds. The summed E-state index contributed by atoms with van der Waals surface area (Å²) in [4.78, 5) is 13.6. The maximum Gasteiger partial charge on any atom is 0.232 e. The molecule has 0 fully saturated rings. The Hall–Kier alpha value is -1.36. The van der Waals surface area contributed by atoms with Gasteiger partial charge in [-0.2, -0.15) is 0 Å². The Morgan fingerprint density at radius 1 is 1.39 bits per heavy atom. The molecule has 0 atom stereocenters. The second-order valence-electron chi connectivity index (χ2n) is 3.95. The molecule has 0 heterocycles. The molecule has 0 radical (unpaired) electrons. The molecule has 1 aromatic rings. The van der Waals surface area contributed by atoms with Gasteiger partial charge in [0, 0.05) is 18.8 Å². The summed E-state index contributed by atoms with van der Waals surface area (Å²) in [6, 6.07) is 5.14. The molecule has 3 N–H and O–H groups in total. The molecule has 0 aliphatic rings. The lowest BCUT2D eigenvalue weighted by Crippen LogP contribution is -2.31. The lowest BCUT2D eigenvalue weighted by molar-refractivity contribution is -0.127. The number of rotatable bonds is 6. The molecule has 0 saturated heterocycles. The number of nitrogen functional groups attached to an aromatic ring is 1. The zero-order valence-electron chi connectivity index (χ0n) is 10.8. The van der Waals surface area contributed by atoms with Gasteiger partial charge in [-0.3, -0.25) is 4.79 Å². The van der Waals surface area contributed by atoms with E-state index in [1.807, 2.05) is 24.8 Å². The van der Waals surface area contributed by atoms with Crippen LogP contribution in [-0.2, 0) is 10.5 Å². The Labute approximate surface area is 112 Å². The molecule has 0 bridgehead atoms. The van der Waals surface area contributed by atoms with Crippen molar-refractivity contribution in [1.29, 1.82) is 0 Å². The lowest BCUT2D eigenvalue weighted by Gasteiger charge is -2.18. The predicted octanol–water partition coefficient (Wildman–Crippen LogP) is 2.08. The van der Waals surface area contributed by atoms with Crippen molar-refractivity contribution in [3.8, 4) is 5.75 Å². The van der Waals surface area contributed by atoms with Crippen LogP contribution in [0.5, 0.6) is 5.75 Å². The Bertz CT molecular complexity index is 406. The standard InChI is InChI=1S/C13H20N2O2S/c1-3-15(4-2)13(17)9-18-8-10-5-6-12(16)11(14)7-10/h5-7,16H,3-4,8-9,14H2,1-2H3. The average molecular weight is 268 g/mol. The normalized spacial score (nSPS) is 10.3. The highest BCUT2D eigenvalue weighted by Gasteiger charge is 2.09. The summed E-state index contributed by atoms with van der Waals surface area (Å²) in [6.07, 6.45) is 0. The summed E-state index contributed by atoms with van der Waals surface area (Å²) in [5, 5.41) is 9.30. The zero-order chi connectivity index (χ0) is 13.5. The minimum atomic E-state index is 0.1000. The number of benzene rings is 1. The first kappa shape index (κ1) is 14.7. The van der Waals surface area contributed by atoms with E-state index in [1.54, 1.807) is 23.9 Å². The van der Waals surface area contributed by atoms with Gasteiger partial charge in [-0.15, -0.1) is 11.8 Å². The molecule has 0 aromatic heterocycles. The zero-order valence-corrected chi connectivity index (χ0v) is 11.7. The topological polar surface area (TPSA) is 66.6 Å². The van der Waals surface area contributed by atoms with Crippen LogP contribution >= 0.6 is 11.8 Å². The number of amides is 1. The third-order valence-corrected chi connectivity index (χ3v) is 3.69. The van der Waals surface area contributed by atoms with Gasteiger partial charge in [0.05, 0.1) is 11.4 Å². The van der Waals surface area contributed by atoms with E-state index in [9.17, 15) is 9.90 Å². The van der Waals surface area contributed by atoms with Crippen molar-refractivity contribution in [3.63, 3.8) is 0 Å². The van der Waals surface area contributed by atoms with E-state index >= 15 is 0 Å². The number of carbonyl (C=O) groups excluding carboxylic acids is 1. The molecular formula is C13H20N2O2S. The van der Waals surface area contributed by atoms with E-state index in [-0.39, 0.29) is 11.7 Å². The van der Waals surface area contributed by atoms with Crippen LogP contribution in [0.3, 0.4) is 0 Å². The van der Waals surface area contributed by atoms with Gasteiger partial charge in [0.2, 0.25) is 5.91 Å². The van der Waals surface area contributed by atoms with Crippen molar-refractivity contribution in [2.24, 2.45) is 0 Å². The van der Waals surface area contributed by atoms with Gasteiger partial charge in [0.15, 0.2) is 0 Å². The third kappa shape index (κ3) is 4.14. The Kier molecular flexibility index (Phi) is 5.85. The fraction of sp³-hybridized carbons (Fsp3) is 0.462. The second-order valence-corrected chi connectivity index (χ2v) is 4.94. The van der Waals surface area contributed by atoms with Crippen LogP contribution in [0.25, 0.3) is 0 Å². The highest BCUT2D eigenvalue weighted by molar-refractivity contribution is 7.99. The summed E-state index contributed by atoms with van der Waals surface area (Å²) in [7, 11) is 0. The predicted molar refractivity (Wildman–Crippen MR) is 76.6 cm³/mol. The highest BCUT2D eigenvalue weighted by Crippen LogP contribution is 2.23. The van der Waals surface area contributed by atoms with Crippen LogP contribution in [0.15, 0.2) is 18.2 Å². The summed E-state index contributed by atoms with van der Waals surface area (Å²) in [5.74, 6) is 1.46. The molecule has 0 saturated carbocycles. The van der Waals surface area contributed by atoms with Crippen LogP contribution in [0.4, 0.5) is 5.69 Å². The van der Waals surface area contributed by atoms with Crippen molar-refractivity contribution in [2.45, 2.75) is 19.6 Å². The molecule has 0 aliphatic heterocycles. The van der Waals surface area contributed by atoms with Crippen LogP contribution in [0.2, 0.25) is 0 Å². The molecule has 1 aromatic carbocycles. The summed E-state index contributed by atoms with van der Waals surface area (Å²) in [6.45, 7) is 5.46. The van der Waals surface area contributed by atoms with Crippen molar-refractivity contribution in [1.82, 2.24) is 4.90 Å². The number of hydrogen-bond donors (Lipinski definition) is 2. The maximum absolute atomic E-state index is 11.8. The molecule has 0 aliphatic carbocycles. The van der Waals surface area contributed by atoms with Gasteiger partial charge in [-0.1, -0.05) is 6.07 Å². The molecular weight excluding hydrogens is 248 g/mol. The van der Waals surface area contributed by atoms with E-state index in [0.29, 0.717) is 11.4 Å². The van der Waals surface area contributed by atoms with E-state index < -0.39 is 0 Å². The van der Waals surface area contributed by atoms with Gasteiger partial charge >= 0.3 is 0 Å². The minimum absolute atomic E-state index is 0.1000. The summed E-state index contributed by atoms with van der Waals surface area (Å²) in [5.41, 5.74) is 7.00. The van der Waals surface area contributed by atoms with Gasteiger partial charge in [-0.05, 0) is 31.5 Å². The van der Waals surface area contributed by atoms with Gasteiger partial charge < -0.3 is 15.7 Å². The highest BCUT2D eigenvalue weighted by atomic mass is 32.2. The summed E-state index contributed by atoms with van der Waals surface area (Å²) >= 11 is 1.56. The van der Waals surface area contributed by atoms with Crippen LogP contribution in [0, 0.1) is 0 Å². The van der Waals surface area contributed by atoms with Crippen molar-refractivity contribution >= 4 is 23.4 Å². The number of nitrogens with zero attached hydrogens (tertiary/aromatic N) is 1. The number of anilines is 1. The van der Waals surface area contributed by atoms with E-state index in [4.69, 9.17) is 5.73 Å². The molecule has 0 unspecified atom stereocenters. The monoisotopic (exact) mass is 268 g/mol. The number of carbonyl (C=O) groups is 1. The van der Waals surface area contributed by atoms with Crippen molar-refractivity contribution in [2.75, 3.05) is 24.6 Å². The lowest BCUT2D eigenvalue weighted by atomic mass is 10.2. The van der Waals surface area contributed by atoms with Crippen LogP contribution < -0.4 is 5.73 Å². The van der Waals surface area contributed by atoms with Gasteiger partial charge in [0.25, 0.3) is 0 Å². The van der Waals surface area contributed by atoms with E-state index in [1.165, 1.54) is 0 Å². The van der Waals surface area contributed by atoms with E-state index in [0.717, 1.165) is 24.4 Å². The third-order valence-electron chi connectivity index (χ3n) is 2.70. The van der Waals surface area contributed by atoms with E-state index in [2.05, 4.69) is 0 Å². The number of phenolic OH excluding ortho intramolecular Hbond substituents is 1. The van der Waals surface area contributed by atoms with Crippen molar-refractivity contribution in [3.05, 3.63) is 23.8 Å². The first-order chi connectivity index (χ1) is 8.58. The average Bonchev–Trinajstić information content (AvgIpc) is 2.35. The number of thioether (sulfide) groups is 1. The fourth-order valence-electron chi connectivity index (χ4n) is 1.62. The molecule has 4 nitrogen and oxygen atoms in total. The second kappa shape index (κ2) is 7.16. The smallest absolute Gasteiger partial charge is 0.232 e. The largest absolute Gasteiger partial charge is 0.506 e. The number of nitrogens with two attached hydrogens (primary N) is 1. The Morgan fingerprint density at radius 3 is 2.61 bits per heavy atom. The molecule has 5 heteroatoms. The number of aromatic hydroxyl groups is 1. The summed E-state index contributed by atoms with van der Waals surface area (Å²) < 4.78 is 0. The Balaban J connectivity index is 2.41. The van der Waals surface area contributed by atoms with Gasteiger partial charge in [0.1, 0.15) is 5.75 Å². The Morgan fingerprint density at radius 2 is 2.06 bits per heavy atom. The first-order valence-corrected chi connectivity index (χ1v) is 7.16. The molecule has 100 valence electrons. The SMILES string of the molecule is CCN(CC)C(=O)CSCc1ccc(O)c(N)c1. The first-order valence-electron chi connectivity index (χ1n) is 6.01. The maximum atomic E-state index is 11.8.